The molecular formula is C10H9N3O2. The van der Waals surface area contributed by atoms with E-state index in [4.69, 9.17) is 5.11 Å². The zero-order valence-electron chi connectivity index (χ0n) is 7.77. The van der Waals surface area contributed by atoms with Gasteiger partial charge in [-0.3, -0.25) is 0 Å². The molecule has 5 nitrogen and oxygen atoms in total. The van der Waals surface area contributed by atoms with Crippen LogP contribution in [0.15, 0.2) is 35.6 Å². The SMILES string of the molecule is O=C(O)NN=Cc1c[nH]c2ccccc12. The number of aromatic amines is 1. The van der Waals surface area contributed by atoms with Crippen molar-refractivity contribution in [1.29, 1.82) is 0 Å². The molecule has 1 aromatic heterocycles. The van der Waals surface area contributed by atoms with Crippen LogP contribution < -0.4 is 5.43 Å². The predicted octanol–water partition coefficient (Wildman–Crippen LogP) is 1.77. The summed E-state index contributed by atoms with van der Waals surface area (Å²) < 4.78 is 0. The Morgan fingerprint density at radius 1 is 1.47 bits per heavy atom. The smallest absolute Gasteiger partial charge is 0.425 e. The Kier molecular flexibility index (Phi) is 2.37. The highest BCUT2D eigenvalue weighted by atomic mass is 16.4. The van der Waals surface area contributed by atoms with Crippen molar-refractivity contribution in [3.05, 3.63) is 36.0 Å². The molecule has 0 aliphatic heterocycles. The van der Waals surface area contributed by atoms with Crippen LogP contribution in [0.2, 0.25) is 0 Å². The third kappa shape index (κ3) is 1.96. The van der Waals surface area contributed by atoms with Gasteiger partial charge < -0.3 is 10.1 Å². The van der Waals surface area contributed by atoms with E-state index in [2.05, 4.69) is 10.1 Å². The van der Waals surface area contributed by atoms with E-state index in [0.717, 1.165) is 16.5 Å². The number of hydrogen-bond donors (Lipinski definition) is 3. The molecule has 5 heteroatoms. The average Bonchev–Trinajstić information content (AvgIpc) is 2.62. The Morgan fingerprint density at radius 3 is 3.07 bits per heavy atom. The molecule has 0 saturated carbocycles. The summed E-state index contributed by atoms with van der Waals surface area (Å²) in [5, 5.41) is 12.9. The first-order chi connectivity index (χ1) is 7.27. The lowest BCUT2D eigenvalue weighted by atomic mass is 10.2. The third-order valence-electron chi connectivity index (χ3n) is 1.99. The van der Waals surface area contributed by atoms with E-state index in [0.29, 0.717) is 0 Å². The summed E-state index contributed by atoms with van der Waals surface area (Å²) in [4.78, 5) is 13.2. The van der Waals surface area contributed by atoms with Gasteiger partial charge in [-0.05, 0) is 6.07 Å². The molecule has 0 fully saturated rings. The summed E-state index contributed by atoms with van der Waals surface area (Å²) in [6, 6.07) is 7.72. The van der Waals surface area contributed by atoms with Crippen LogP contribution >= 0.6 is 0 Å². The van der Waals surface area contributed by atoms with E-state index < -0.39 is 6.09 Å². The fraction of sp³-hybridized carbons (Fsp3) is 0. The van der Waals surface area contributed by atoms with Gasteiger partial charge in [0.1, 0.15) is 0 Å². The van der Waals surface area contributed by atoms with Crippen molar-refractivity contribution in [3.8, 4) is 0 Å². The highest BCUT2D eigenvalue weighted by Gasteiger charge is 1.99. The van der Waals surface area contributed by atoms with Crippen molar-refractivity contribution in [1.82, 2.24) is 10.4 Å². The van der Waals surface area contributed by atoms with Gasteiger partial charge in [-0.15, -0.1) is 0 Å². The molecule has 1 aromatic carbocycles. The number of hydrogen-bond acceptors (Lipinski definition) is 2. The number of H-pyrrole nitrogens is 1. The zero-order chi connectivity index (χ0) is 10.7. The Labute approximate surface area is 85.4 Å². The summed E-state index contributed by atoms with van der Waals surface area (Å²) >= 11 is 0. The molecule has 1 heterocycles. The molecule has 1 amide bonds. The lowest BCUT2D eigenvalue weighted by Gasteiger charge is -1.91. The average molecular weight is 203 g/mol. The summed E-state index contributed by atoms with van der Waals surface area (Å²) in [6.07, 6.45) is 2.07. The number of carboxylic acid groups (broad SMARTS) is 1. The van der Waals surface area contributed by atoms with Crippen LogP contribution in [0.5, 0.6) is 0 Å². The van der Waals surface area contributed by atoms with Gasteiger partial charge in [0, 0.05) is 22.7 Å². The molecule has 0 unspecified atom stereocenters. The van der Waals surface area contributed by atoms with Crippen LogP contribution in [0, 0.1) is 0 Å². The quantitative estimate of drug-likeness (QED) is 0.513. The number of nitrogens with zero attached hydrogens (tertiary/aromatic N) is 1. The molecule has 0 aliphatic carbocycles. The summed E-state index contributed by atoms with van der Waals surface area (Å²) in [5.41, 5.74) is 3.76. The second-order valence-electron chi connectivity index (χ2n) is 2.96. The number of hydrazone groups is 1. The van der Waals surface area contributed by atoms with Crippen molar-refractivity contribution >= 4 is 23.2 Å². The molecule has 2 aromatic rings. The van der Waals surface area contributed by atoms with Crippen LogP contribution in [-0.2, 0) is 0 Å². The first-order valence-electron chi connectivity index (χ1n) is 4.35. The molecule has 0 saturated heterocycles. The fourth-order valence-electron chi connectivity index (χ4n) is 1.36. The highest BCUT2D eigenvalue weighted by Crippen LogP contribution is 2.15. The van der Waals surface area contributed by atoms with Gasteiger partial charge in [0.05, 0.1) is 6.21 Å². The Morgan fingerprint density at radius 2 is 2.27 bits per heavy atom. The number of rotatable bonds is 2. The normalized spacial score (nSPS) is 10.9. The maximum Gasteiger partial charge on any atom is 0.425 e. The number of fused-ring (bicyclic) bond motifs is 1. The number of para-hydroxylation sites is 1. The second kappa shape index (κ2) is 3.83. The number of nitrogens with one attached hydrogen (secondary N) is 2. The molecule has 0 aliphatic rings. The van der Waals surface area contributed by atoms with Gasteiger partial charge in [-0.2, -0.15) is 5.10 Å². The van der Waals surface area contributed by atoms with Crippen molar-refractivity contribution < 1.29 is 9.90 Å². The van der Waals surface area contributed by atoms with Crippen LogP contribution in [-0.4, -0.2) is 22.4 Å². The summed E-state index contributed by atoms with van der Waals surface area (Å²) in [6.45, 7) is 0. The molecule has 15 heavy (non-hydrogen) atoms. The van der Waals surface area contributed by atoms with E-state index in [1.807, 2.05) is 29.7 Å². The molecular weight excluding hydrogens is 194 g/mol. The maximum absolute atomic E-state index is 10.2. The molecule has 0 atom stereocenters. The maximum atomic E-state index is 10.2. The van der Waals surface area contributed by atoms with E-state index in [-0.39, 0.29) is 0 Å². The number of carbonyl (C=O) groups is 1. The van der Waals surface area contributed by atoms with Crippen molar-refractivity contribution in [2.75, 3.05) is 0 Å². The van der Waals surface area contributed by atoms with E-state index in [1.165, 1.54) is 6.21 Å². The second-order valence-corrected chi connectivity index (χ2v) is 2.96. The fourth-order valence-corrected chi connectivity index (χ4v) is 1.36. The third-order valence-corrected chi connectivity index (χ3v) is 1.99. The molecule has 0 bridgehead atoms. The molecule has 76 valence electrons. The van der Waals surface area contributed by atoms with Gasteiger partial charge >= 0.3 is 6.09 Å². The lowest BCUT2D eigenvalue weighted by Crippen LogP contribution is -2.13. The molecule has 3 N–H and O–H groups in total. The minimum Gasteiger partial charge on any atom is -0.464 e. The highest BCUT2D eigenvalue weighted by molar-refractivity contribution is 5.99. The Bertz CT molecular complexity index is 516. The first-order valence-corrected chi connectivity index (χ1v) is 4.35. The molecule has 0 spiro atoms. The van der Waals surface area contributed by atoms with Gasteiger partial charge in [0.15, 0.2) is 0 Å². The monoisotopic (exact) mass is 203 g/mol. The molecule has 2 rings (SSSR count). The van der Waals surface area contributed by atoms with Gasteiger partial charge in [-0.1, -0.05) is 18.2 Å². The van der Waals surface area contributed by atoms with E-state index in [9.17, 15) is 4.79 Å². The minimum absolute atomic E-state index is 0.847. The Hall–Kier alpha value is -2.30. The van der Waals surface area contributed by atoms with Gasteiger partial charge in [0.2, 0.25) is 0 Å². The van der Waals surface area contributed by atoms with Crippen molar-refractivity contribution in [2.24, 2.45) is 5.10 Å². The minimum atomic E-state index is -1.17. The van der Waals surface area contributed by atoms with Crippen LogP contribution in [0.4, 0.5) is 4.79 Å². The standard InChI is InChI=1S/C10H9N3O2/c14-10(15)13-12-6-7-5-11-9-4-2-1-3-8(7)9/h1-6,11,13H,(H,14,15). The largest absolute Gasteiger partial charge is 0.464 e. The topological polar surface area (TPSA) is 77.5 Å². The first kappa shape index (κ1) is 9.26. The summed E-state index contributed by atoms with van der Waals surface area (Å²) in [5.74, 6) is 0. The van der Waals surface area contributed by atoms with Crippen molar-refractivity contribution in [3.63, 3.8) is 0 Å². The predicted molar refractivity (Wildman–Crippen MR) is 57.1 cm³/mol. The van der Waals surface area contributed by atoms with Gasteiger partial charge in [-0.25, -0.2) is 10.2 Å². The number of aromatic nitrogens is 1. The van der Waals surface area contributed by atoms with E-state index >= 15 is 0 Å². The van der Waals surface area contributed by atoms with E-state index in [1.54, 1.807) is 6.20 Å². The van der Waals surface area contributed by atoms with Crippen LogP contribution in [0.1, 0.15) is 5.56 Å². The lowest BCUT2D eigenvalue weighted by molar-refractivity contribution is 0.195. The summed E-state index contributed by atoms with van der Waals surface area (Å²) in [7, 11) is 0. The Balaban J connectivity index is 2.28. The zero-order valence-corrected chi connectivity index (χ0v) is 7.77. The number of benzene rings is 1. The van der Waals surface area contributed by atoms with Crippen molar-refractivity contribution in [2.45, 2.75) is 0 Å². The van der Waals surface area contributed by atoms with Crippen LogP contribution in [0.3, 0.4) is 0 Å². The number of amides is 1. The van der Waals surface area contributed by atoms with Crippen LogP contribution in [0.25, 0.3) is 10.9 Å². The van der Waals surface area contributed by atoms with Gasteiger partial charge in [0.25, 0.3) is 0 Å². The molecule has 0 radical (unpaired) electrons.